The summed E-state index contributed by atoms with van der Waals surface area (Å²) in [6.07, 6.45) is 4.48. The van der Waals surface area contributed by atoms with Gasteiger partial charge in [-0.2, -0.15) is 0 Å². The van der Waals surface area contributed by atoms with E-state index in [1.54, 1.807) is 12.4 Å². The summed E-state index contributed by atoms with van der Waals surface area (Å²) in [5.74, 6) is 1.32. The highest BCUT2D eigenvalue weighted by atomic mass is 127. The molecule has 0 bridgehead atoms. The van der Waals surface area contributed by atoms with Gasteiger partial charge in [0.1, 0.15) is 0 Å². The van der Waals surface area contributed by atoms with Crippen LogP contribution in [0.5, 0.6) is 0 Å². The Labute approximate surface area is 96.4 Å². The molecule has 0 spiro atoms. The summed E-state index contributed by atoms with van der Waals surface area (Å²) >= 11 is 7.78. The van der Waals surface area contributed by atoms with Gasteiger partial charge >= 0.3 is 0 Å². The normalized spacial score (nSPS) is 12.5. The van der Waals surface area contributed by atoms with Gasteiger partial charge in [0.25, 0.3) is 0 Å². The van der Waals surface area contributed by atoms with Crippen LogP contribution in [0.2, 0.25) is 0 Å². The maximum atomic E-state index is 5.61. The predicted molar refractivity (Wildman–Crippen MR) is 63.2 cm³/mol. The van der Waals surface area contributed by atoms with E-state index < -0.39 is 0 Å². The van der Waals surface area contributed by atoms with Gasteiger partial charge in [-0.05, 0) is 35.9 Å². The summed E-state index contributed by atoms with van der Waals surface area (Å²) in [6.45, 7) is 2.06. The Balaban J connectivity index is 2.49. The van der Waals surface area contributed by atoms with Gasteiger partial charge in [0.05, 0.1) is 0 Å². The molecule has 1 atom stereocenters. The first kappa shape index (κ1) is 11.0. The van der Waals surface area contributed by atoms with E-state index in [2.05, 4.69) is 44.8 Å². The average Bonchev–Trinajstić information content (AvgIpc) is 2.09. The molecule has 1 N–H and O–H groups in total. The number of rotatable bonds is 4. The van der Waals surface area contributed by atoms with Crippen molar-refractivity contribution >= 4 is 40.1 Å². The molecule has 0 aliphatic rings. The van der Waals surface area contributed by atoms with Gasteiger partial charge in [-0.1, -0.05) is 0 Å². The van der Waals surface area contributed by atoms with Crippen LogP contribution in [0.4, 0.5) is 5.95 Å². The van der Waals surface area contributed by atoms with Crippen molar-refractivity contribution in [2.75, 3.05) is 11.2 Å². The smallest absolute Gasteiger partial charge is 0.222 e. The highest BCUT2D eigenvalue weighted by molar-refractivity contribution is 14.1. The molecule has 13 heavy (non-hydrogen) atoms. The summed E-state index contributed by atoms with van der Waals surface area (Å²) in [7, 11) is 0. The number of halogens is 2. The summed E-state index contributed by atoms with van der Waals surface area (Å²) in [4.78, 5) is 8.26. The minimum Gasteiger partial charge on any atom is -0.352 e. The van der Waals surface area contributed by atoms with Crippen molar-refractivity contribution in [2.24, 2.45) is 0 Å². The van der Waals surface area contributed by atoms with Crippen molar-refractivity contribution < 1.29 is 0 Å². The predicted octanol–water partition coefficient (Wildman–Crippen LogP) is 2.51. The molecule has 3 nitrogen and oxygen atoms in total. The Morgan fingerprint density at radius 3 is 2.69 bits per heavy atom. The van der Waals surface area contributed by atoms with E-state index in [-0.39, 0.29) is 0 Å². The molecule has 0 fully saturated rings. The third-order valence-corrected chi connectivity index (χ3v) is 2.31. The van der Waals surface area contributed by atoms with E-state index in [1.165, 1.54) is 0 Å². The number of nitrogens with one attached hydrogen (secondary N) is 1. The molecule has 72 valence electrons. The monoisotopic (exact) mass is 311 g/mol. The van der Waals surface area contributed by atoms with Crippen molar-refractivity contribution in [3.8, 4) is 0 Å². The van der Waals surface area contributed by atoms with Crippen LogP contribution in [-0.2, 0) is 0 Å². The molecule has 1 aromatic rings. The number of alkyl halides is 1. The fourth-order valence-corrected chi connectivity index (χ4v) is 1.45. The molecular weight excluding hydrogens is 300 g/mol. The molecule has 1 unspecified atom stereocenters. The van der Waals surface area contributed by atoms with Crippen LogP contribution in [0.1, 0.15) is 13.3 Å². The molecule has 0 radical (unpaired) electrons. The van der Waals surface area contributed by atoms with Crippen LogP contribution in [0, 0.1) is 3.57 Å². The van der Waals surface area contributed by atoms with E-state index in [0.29, 0.717) is 17.9 Å². The van der Waals surface area contributed by atoms with Crippen LogP contribution in [0.25, 0.3) is 0 Å². The maximum absolute atomic E-state index is 5.61. The Hall–Kier alpha value is -0.100. The number of hydrogen-bond donors (Lipinski definition) is 1. The minimum absolute atomic E-state index is 0.317. The lowest BCUT2D eigenvalue weighted by atomic mass is 10.3. The molecular formula is C8H11ClIN3. The lowest BCUT2D eigenvalue weighted by Gasteiger charge is -2.11. The molecule has 5 heteroatoms. The quantitative estimate of drug-likeness (QED) is 0.686. The molecule has 1 rings (SSSR count). The van der Waals surface area contributed by atoms with E-state index in [9.17, 15) is 0 Å². The van der Waals surface area contributed by atoms with Crippen LogP contribution in [0.3, 0.4) is 0 Å². The van der Waals surface area contributed by atoms with Crippen LogP contribution in [0.15, 0.2) is 12.4 Å². The van der Waals surface area contributed by atoms with Gasteiger partial charge in [0.2, 0.25) is 5.95 Å². The molecule has 0 aliphatic heterocycles. The van der Waals surface area contributed by atoms with Gasteiger partial charge < -0.3 is 5.32 Å². The Bertz CT molecular complexity index is 252. The maximum Gasteiger partial charge on any atom is 0.222 e. The van der Waals surface area contributed by atoms with Crippen molar-refractivity contribution in [3.63, 3.8) is 0 Å². The van der Waals surface area contributed by atoms with E-state index in [4.69, 9.17) is 11.6 Å². The molecule has 1 aromatic heterocycles. The Kier molecular flexibility index (Phi) is 4.72. The minimum atomic E-state index is 0.317. The SMILES string of the molecule is CC(CCCl)Nc1ncc(I)cn1. The summed E-state index contributed by atoms with van der Waals surface area (Å²) in [5, 5.41) is 3.16. The highest BCUT2D eigenvalue weighted by Crippen LogP contribution is 2.05. The number of aromatic nitrogens is 2. The highest BCUT2D eigenvalue weighted by Gasteiger charge is 2.02. The fraction of sp³-hybridized carbons (Fsp3) is 0.500. The number of nitrogens with zero attached hydrogens (tertiary/aromatic N) is 2. The van der Waals surface area contributed by atoms with Crippen LogP contribution in [-0.4, -0.2) is 21.9 Å². The second-order valence-corrected chi connectivity index (χ2v) is 4.37. The van der Waals surface area contributed by atoms with Crippen molar-refractivity contribution in [1.82, 2.24) is 9.97 Å². The van der Waals surface area contributed by atoms with Crippen molar-refractivity contribution in [2.45, 2.75) is 19.4 Å². The van der Waals surface area contributed by atoms with Gasteiger partial charge in [0, 0.05) is 27.9 Å². The van der Waals surface area contributed by atoms with Gasteiger partial charge in [-0.15, -0.1) is 11.6 Å². The second kappa shape index (κ2) is 5.59. The molecule has 0 aliphatic carbocycles. The lowest BCUT2D eigenvalue weighted by Crippen LogP contribution is -2.17. The first-order chi connectivity index (χ1) is 6.22. The van der Waals surface area contributed by atoms with Gasteiger partial charge in [-0.3, -0.25) is 0 Å². The second-order valence-electron chi connectivity index (χ2n) is 2.75. The van der Waals surface area contributed by atoms with E-state index in [1.807, 2.05) is 0 Å². The van der Waals surface area contributed by atoms with E-state index in [0.717, 1.165) is 9.99 Å². The topological polar surface area (TPSA) is 37.8 Å². The molecule has 0 saturated heterocycles. The zero-order chi connectivity index (χ0) is 9.68. The van der Waals surface area contributed by atoms with Gasteiger partial charge in [0.15, 0.2) is 0 Å². The first-order valence-electron chi connectivity index (χ1n) is 4.02. The fourth-order valence-electron chi connectivity index (χ4n) is 0.843. The van der Waals surface area contributed by atoms with Crippen molar-refractivity contribution in [1.29, 1.82) is 0 Å². The largest absolute Gasteiger partial charge is 0.352 e. The Morgan fingerprint density at radius 2 is 2.15 bits per heavy atom. The standard InChI is InChI=1S/C8H11ClIN3/c1-6(2-3-9)13-8-11-4-7(10)5-12-8/h4-6H,2-3H2,1H3,(H,11,12,13). The molecule has 0 saturated carbocycles. The zero-order valence-corrected chi connectivity index (χ0v) is 10.2. The van der Waals surface area contributed by atoms with Crippen LogP contribution >= 0.6 is 34.2 Å². The first-order valence-corrected chi connectivity index (χ1v) is 5.63. The Morgan fingerprint density at radius 1 is 1.54 bits per heavy atom. The zero-order valence-electron chi connectivity index (χ0n) is 7.30. The molecule has 0 amide bonds. The molecule has 0 aromatic carbocycles. The number of anilines is 1. The summed E-state index contributed by atoms with van der Waals surface area (Å²) < 4.78 is 1.04. The third-order valence-electron chi connectivity index (χ3n) is 1.54. The number of hydrogen-bond acceptors (Lipinski definition) is 3. The van der Waals surface area contributed by atoms with Crippen LogP contribution < -0.4 is 5.32 Å². The van der Waals surface area contributed by atoms with Gasteiger partial charge in [-0.25, -0.2) is 9.97 Å². The molecule has 1 heterocycles. The summed E-state index contributed by atoms with van der Waals surface area (Å²) in [6, 6.07) is 0.317. The third kappa shape index (κ3) is 4.08. The van der Waals surface area contributed by atoms with Crippen molar-refractivity contribution in [3.05, 3.63) is 16.0 Å². The summed E-state index contributed by atoms with van der Waals surface area (Å²) in [5.41, 5.74) is 0. The average molecular weight is 312 g/mol. The lowest BCUT2D eigenvalue weighted by molar-refractivity contribution is 0.757. The van der Waals surface area contributed by atoms with E-state index >= 15 is 0 Å².